The highest BCUT2D eigenvalue weighted by molar-refractivity contribution is 6.35. The Kier molecular flexibility index (Phi) is 8.13. The number of imide groups is 1. The normalized spacial score (nSPS) is 19.7. The maximum Gasteiger partial charge on any atom is 0.277 e. The van der Waals surface area contributed by atoms with Gasteiger partial charge in [-0.3, -0.25) is 14.5 Å². The number of hydrogen-bond donors (Lipinski definition) is 0. The zero-order valence-corrected chi connectivity index (χ0v) is 19.4. The molecule has 6 heteroatoms. The maximum absolute atomic E-state index is 13.4. The van der Waals surface area contributed by atoms with E-state index in [1.807, 2.05) is 31.2 Å². The van der Waals surface area contributed by atoms with Crippen molar-refractivity contribution < 1.29 is 19.1 Å². The van der Waals surface area contributed by atoms with Gasteiger partial charge in [0.1, 0.15) is 11.4 Å². The molecule has 1 unspecified atom stereocenters. The Labute approximate surface area is 186 Å². The van der Waals surface area contributed by atoms with Crippen LogP contribution in [0, 0.1) is 11.8 Å². The van der Waals surface area contributed by atoms with E-state index in [1.54, 1.807) is 0 Å². The van der Waals surface area contributed by atoms with Gasteiger partial charge in [0.15, 0.2) is 0 Å². The van der Waals surface area contributed by atoms with Gasteiger partial charge in [-0.05, 0) is 55.7 Å². The van der Waals surface area contributed by atoms with E-state index >= 15 is 0 Å². The molecule has 0 N–H and O–H groups in total. The van der Waals surface area contributed by atoms with Gasteiger partial charge in [0, 0.05) is 32.8 Å². The smallest absolute Gasteiger partial charge is 0.277 e. The van der Waals surface area contributed by atoms with Crippen molar-refractivity contribution in [3.63, 3.8) is 0 Å². The number of nitrogens with zero attached hydrogens (tertiary/aromatic N) is 2. The first kappa shape index (κ1) is 23.3. The second-order valence-corrected chi connectivity index (χ2v) is 8.96. The number of likely N-dealkylation sites (tertiary alicyclic amines) is 1. The Balaban J connectivity index is 1.87. The molecule has 0 bridgehead atoms. The highest BCUT2D eigenvalue weighted by atomic mass is 16.5. The third-order valence-electron chi connectivity index (χ3n) is 5.72. The highest BCUT2D eigenvalue weighted by Gasteiger charge is 2.41. The Morgan fingerprint density at radius 2 is 1.87 bits per heavy atom. The third-order valence-corrected chi connectivity index (χ3v) is 5.72. The molecule has 1 aromatic rings. The van der Waals surface area contributed by atoms with Gasteiger partial charge < -0.3 is 14.4 Å². The summed E-state index contributed by atoms with van der Waals surface area (Å²) in [4.78, 5) is 30.2. The van der Waals surface area contributed by atoms with Crippen LogP contribution in [0.4, 0.5) is 0 Å². The second kappa shape index (κ2) is 10.8. The average Bonchev–Trinajstić information content (AvgIpc) is 3.00. The number of carbonyl (C=O) groups excluding carboxylic acids is 2. The van der Waals surface area contributed by atoms with Gasteiger partial charge in [0.25, 0.3) is 11.8 Å². The van der Waals surface area contributed by atoms with Gasteiger partial charge >= 0.3 is 0 Å². The molecule has 170 valence electrons. The van der Waals surface area contributed by atoms with Crippen LogP contribution >= 0.6 is 0 Å². The van der Waals surface area contributed by atoms with Gasteiger partial charge in [-0.1, -0.05) is 32.9 Å². The fourth-order valence-electron chi connectivity index (χ4n) is 4.16. The van der Waals surface area contributed by atoms with Crippen LogP contribution in [0.15, 0.2) is 30.0 Å². The lowest BCUT2D eigenvalue weighted by atomic mass is 9.97. The van der Waals surface area contributed by atoms with Crippen molar-refractivity contribution in [2.45, 2.75) is 47.0 Å². The van der Waals surface area contributed by atoms with E-state index in [-0.39, 0.29) is 11.8 Å². The first-order chi connectivity index (χ1) is 14.9. The minimum atomic E-state index is -0.203. The van der Waals surface area contributed by atoms with Gasteiger partial charge in [-0.25, -0.2) is 0 Å². The number of hydrogen-bond acceptors (Lipinski definition) is 5. The first-order valence-electron chi connectivity index (χ1n) is 11.6. The van der Waals surface area contributed by atoms with E-state index in [1.165, 1.54) is 4.90 Å². The summed E-state index contributed by atoms with van der Waals surface area (Å²) in [5.41, 5.74) is 1.85. The minimum Gasteiger partial charge on any atom is -0.493 e. The van der Waals surface area contributed by atoms with Crippen molar-refractivity contribution in [3.05, 3.63) is 35.5 Å². The number of carbonyl (C=O) groups is 2. The number of piperidine rings is 1. The number of rotatable bonds is 10. The van der Waals surface area contributed by atoms with E-state index < -0.39 is 0 Å². The molecule has 1 saturated heterocycles. The fourth-order valence-corrected chi connectivity index (χ4v) is 4.16. The Morgan fingerprint density at radius 1 is 1.13 bits per heavy atom. The van der Waals surface area contributed by atoms with E-state index in [9.17, 15) is 9.59 Å². The number of ether oxygens (including phenoxy) is 2. The first-order valence-corrected chi connectivity index (χ1v) is 11.6. The molecular weight excluding hydrogens is 392 g/mol. The fraction of sp³-hybridized carbons (Fsp3) is 0.600. The Hall–Kier alpha value is -2.34. The minimum absolute atomic E-state index is 0.175. The maximum atomic E-state index is 13.4. The molecule has 0 aromatic heterocycles. The van der Waals surface area contributed by atoms with Crippen LogP contribution in [0.1, 0.15) is 52.5 Å². The van der Waals surface area contributed by atoms with E-state index in [0.29, 0.717) is 55.9 Å². The number of amides is 2. The lowest BCUT2D eigenvalue weighted by molar-refractivity contribution is -0.137. The van der Waals surface area contributed by atoms with Crippen molar-refractivity contribution in [2.24, 2.45) is 11.8 Å². The lowest BCUT2D eigenvalue weighted by Crippen LogP contribution is -2.39. The Bertz CT molecular complexity index is 800. The van der Waals surface area contributed by atoms with Crippen LogP contribution in [0.3, 0.4) is 0 Å². The molecule has 1 atom stereocenters. The van der Waals surface area contributed by atoms with Crippen molar-refractivity contribution in [3.8, 4) is 5.75 Å². The topological polar surface area (TPSA) is 59.1 Å². The quantitative estimate of drug-likeness (QED) is 0.417. The molecule has 0 saturated carbocycles. The zero-order chi connectivity index (χ0) is 22.4. The Morgan fingerprint density at radius 3 is 2.52 bits per heavy atom. The van der Waals surface area contributed by atoms with Gasteiger partial charge in [0.2, 0.25) is 0 Å². The summed E-state index contributed by atoms with van der Waals surface area (Å²) >= 11 is 0. The molecule has 2 amide bonds. The summed E-state index contributed by atoms with van der Waals surface area (Å²) in [6.07, 6.45) is 2.83. The predicted octanol–water partition coefficient (Wildman–Crippen LogP) is 3.96. The molecule has 2 aliphatic heterocycles. The largest absolute Gasteiger partial charge is 0.493 e. The van der Waals surface area contributed by atoms with Crippen LogP contribution in [0.2, 0.25) is 0 Å². The van der Waals surface area contributed by atoms with Crippen LogP contribution in [-0.2, 0) is 14.3 Å². The molecule has 3 rings (SSSR count). The van der Waals surface area contributed by atoms with Gasteiger partial charge in [-0.2, -0.15) is 0 Å². The average molecular weight is 429 g/mol. The summed E-state index contributed by atoms with van der Waals surface area (Å²) < 4.78 is 11.2. The van der Waals surface area contributed by atoms with Crippen LogP contribution < -0.4 is 4.74 Å². The summed E-state index contributed by atoms with van der Waals surface area (Å²) in [6, 6.07) is 7.56. The zero-order valence-electron chi connectivity index (χ0n) is 19.4. The van der Waals surface area contributed by atoms with Crippen molar-refractivity contribution in [2.75, 3.05) is 39.5 Å². The van der Waals surface area contributed by atoms with Crippen LogP contribution in [0.5, 0.6) is 5.75 Å². The molecule has 0 spiro atoms. The summed E-state index contributed by atoms with van der Waals surface area (Å²) in [5, 5.41) is 0. The highest BCUT2D eigenvalue weighted by Crippen LogP contribution is 2.34. The summed E-state index contributed by atoms with van der Waals surface area (Å²) in [6.45, 7) is 12.2. The summed E-state index contributed by atoms with van der Waals surface area (Å²) in [5.74, 6) is 1.34. The van der Waals surface area contributed by atoms with Gasteiger partial charge in [-0.15, -0.1) is 0 Å². The van der Waals surface area contributed by atoms with Crippen molar-refractivity contribution in [1.82, 2.24) is 9.80 Å². The standard InChI is InChI=1S/C25H36N2O4/c1-5-30-15-7-14-27-24(28)22(20-9-11-21(12-10-20)31-17-18(2)3)23(25(27)29)26-13-6-8-19(4)16-26/h9-12,18-19H,5-8,13-17H2,1-4H3. The molecule has 2 aliphatic rings. The molecule has 2 heterocycles. The van der Waals surface area contributed by atoms with E-state index in [0.717, 1.165) is 37.2 Å². The van der Waals surface area contributed by atoms with Crippen LogP contribution in [0.25, 0.3) is 5.57 Å². The third kappa shape index (κ3) is 5.67. The van der Waals surface area contributed by atoms with Crippen molar-refractivity contribution in [1.29, 1.82) is 0 Å². The SMILES string of the molecule is CCOCCCN1C(=O)C(c2ccc(OCC(C)C)cc2)=C(N2CCCC(C)C2)C1=O. The number of benzene rings is 1. The molecule has 31 heavy (non-hydrogen) atoms. The molecule has 1 aromatic carbocycles. The second-order valence-electron chi connectivity index (χ2n) is 8.96. The lowest BCUT2D eigenvalue weighted by Gasteiger charge is -2.33. The molecule has 0 aliphatic carbocycles. The van der Waals surface area contributed by atoms with Crippen molar-refractivity contribution >= 4 is 17.4 Å². The van der Waals surface area contributed by atoms with E-state index in [4.69, 9.17) is 9.47 Å². The van der Waals surface area contributed by atoms with Gasteiger partial charge in [0.05, 0.1) is 12.2 Å². The molecule has 1 fully saturated rings. The molecule has 0 radical (unpaired) electrons. The molecular formula is C25H36N2O4. The van der Waals surface area contributed by atoms with E-state index in [2.05, 4.69) is 25.7 Å². The molecule has 6 nitrogen and oxygen atoms in total. The van der Waals surface area contributed by atoms with Crippen LogP contribution in [-0.4, -0.2) is 61.1 Å². The monoisotopic (exact) mass is 428 g/mol. The predicted molar refractivity (Wildman–Crippen MR) is 121 cm³/mol. The summed E-state index contributed by atoms with van der Waals surface area (Å²) in [7, 11) is 0.